The molecule has 2 N–H and O–H groups in total. The van der Waals surface area contributed by atoms with Gasteiger partial charge in [0.25, 0.3) is 0 Å². The van der Waals surface area contributed by atoms with Gasteiger partial charge < -0.3 is 20.1 Å². The van der Waals surface area contributed by atoms with Gasteiger partial charge in [0.1, 0.15) is 0 Å². The van der Waals surface area contributed by atoms with Crippen LogP contribution in [0.15, 0.2) is 54.6 Å². The van der Waals surface area contributed by atoms with Crippen molar-refractivity contribution >= 4 is 28.5 Å². The minimum absolute atomic E-state index is 0.0804. The SMILES string of the molecule is CC(C)C1c2[nH]c3ccccc3c2CCN1C(=O)C1CCC(CN(C)C(=O)Nc2ccccc2)CC1. The summed E-state index contributed by atoms with van der Waals surface area (Å²) in [5.74, 6) is 1.17. The van der Waals surface area contributed by atoms with Crippen LogP contribution in [0, 0.1) is 17.8 Å². The lowest BCUT2D eigenvalue weighted by molar-refractivity contribution is -0.141. The van der Waals surface area contributed by atoms with Gasteiger partial charge in [0, 0.05) is 48.3 Å². The van der Waals surface area contributed by atoms with Gasteiger partial charge in [-0.15, -0.1) is 0 Å². The molecule has 3 aromatic rings. The molecule has 5 rings (SSSR count). The highest BCUT2D eigenvalue weighted by atomic mass is 16.2. The first-order chi connectivity index (χ1) is 17.4. The Kier molecular flexibility index (Phi) is 7.04. The van der Waals surface area contributed by atoms with Crippen LogP contribution in [-0.2, 0) is 11.2 Å². The first-order valence-corrected chi connectivity index (χ1v) is 13.4. The zero-order valence-corrected chi connectivity index (χ0v) is 21.7. The number of amides is 3. The number of carbonyl (C=O) groups excluding carboxylic acids is 2. The van der Waals surface area contributed by atoms with E-state index < -0.39 is 0 Å². The van der Waals surface area contributed by atoms with Crippen molar-refractivity contribution < 1.29 is 9.59 Å². The fraction of sp³-hybridized carbons (Fsp3) is 0.467. The number of carbonyl (C=O) groups is 2. The molecule has 1 saturated carbocycles. The highest BCUT2D eigenvalue weighted by molar-refractivity contribution is 5.89. The molecule has 2 aliphatic rings. The van der Waals surface area contributed by atoms with E-state index in [-0.39, 0.29) is 18.0 Å². The number of benzene rings is 2. The molecule has 6 nitrogen and oxygen atoms in total. The Bertz CT molecular complexity index is 1210. The molecule has 36 heavy (non-hydrogen) atoms. The number of fused-ring (bicyclic) bond motifs is 3. The normalized spacial score (nSPS) is 21.9. The molecule has 3 amide bonds. The van der Waals surface area contributed by atoms with Gasteiger partial charge >= 0.3 is 6.03 Å². The minimum Gasteiger partial charge on any atom is -0.356 e. The smallest absolute Gasteiger partial charge is 0.321 e. The summed E-state index contributed by atoms with van der Waals surface area (Å²) in [6, 6.07) is 18.1. The van der Waals surface area contributed by atoms with Crippen molar-refractivity contribution in [2.45, 2.75) is 52.0 Å². The number of anilines is 1. The predicted octanol–water partition coefficient (Wildman–Crippen LogP) is 6.22. The van der Waals surface area contributed by atoms with E-state index in [0.717, 1.165) is 50.9 Å². The minimum atomic E-state index is -0.0818. The summed E-state index contributed by atoms with van der Waals surface area (Å²) in [7, 11) is 1.86. The number of nitrogens with one attached hydrogen (secondary N) is 2. The van der Waals surface area contributed by atoms with E-state index in [1.807, 2.05) is 37.4 Å². The second kappa shape index (κ2) is 10.4. The van der Waals surface area contributed by atoms with Gasteiger partial charge in [-0.1, -0.05) is 50.2 Å². The molecule has 6 heteroatoms. The van der Waals surface area contributed by atoms with Crippen LogP contribution in [-0.4, -0.2) is 46.9 Å². The molecule has 0 radical (unpaired) electrons. The number of nitrogens with zero attached hydrogens (tertiary/aromatic N) is 2. The summed E-state index contributed by atoms with van der Waals surface area (Å²) >= 11 is 0. The molecule has 0 saturated heterocycles. The average molecular weight is 487 g/mol. The van der Waals surface area contributed by atoms with Gasteiger partial charge in [0.2, 0.25) is 5.91 Å². The number of aromatic amines is 1. The fourth-order valence-electron chi connectivity index (χ4n) is 6.25. The number of H-pyrrole nitrogens is 1. The Morgan fingerprint density at radius 2 is 1.72 bits per heavy atom. The quantitative estimate of drug-likeness (QED) is 0.449. The second-order valence-corrected chi connectivity index (χ2v) is 10.9. The third-order valence-electron chi connectivity index (χ3n) is 8.10. The zero-order chi connectivity index (χ0) is 25.2. The van der Waals surface area contributed by atoms with E-state index in [0.29, 0.717) is 17.7 Å². The first-order valence-electron chi connectivity index (χ1n) is 13.4. The topological polar surface area (TPSA) is 68.4 Å². The summed E-state index contributed by atoms with van der Waals surface area (Å²) in [6.07, 6.45) is 4.68. The Labute approximate surface area is 214 Å². The highest BCUT2D eigenvalue weighted by Crippen LogP contribution is 2.40. The molecule has 2 heterocycles. The van der Waals surface area contributed by atoms with Gasteiger partial charge in [-0.3, -0.25) is 4.79 Å². The van der Waals surface area contributed by atoms with Gasteiger partial charge in [0.05, 0.1) is 6.04 Å². The van der Waals surface area contributed by atoms with Crippen LogP contribution in [0.25, 0.3) is 10.9 Å². The lowest BCUT2D eigenvalue weighted by Gasteiger charge is -2.41. The van der Waals surface area contributed by atoms with E-state index in [9.17, 15) is 9.59 Å². The molecule has 1 fully saturated rings. The van der Waals surface area contributed by atoms with Gasteiger partial charge in [-0.25, -0.2) is 4.79 Å². The molecule has 2 aromatic carbocycles. The molecule has 0 spiro atoms. The van der Waals surface area contributed by atoms with Crippen LogP contribution in [0.4, 0.5) is 10.5 Å². The summed E-state index contributed by atoms with van der Waals surface area (Å²) in [6.45, 7) is 5.95. The number of aromatic nitrogens is 1. The summed E-state index contributed by atoms with van der Waals surface area (Å²) in [4.78, 5) is 33.9. The summed E-state index contributed by atoms with van der Waals surface area (Å²) in [5.41, 5.74) is 4.59. The Hall–Kier alpha value is -3.28. The summed E-state index contributed by atoms with van der Waals surface area (Å²) < 4.78 is 0. The van der Waals surface area contributed by atoms with Crippen molar-refractivity contribution in [3.63, 3.8) is 0 Å². The predicted molar refractivity (Wildman–Crippen MR) is 145 cm³/mol. The van der Waals surface area contributed by atoms with E-state index in [2.05, 4.69) is 53.3 Å². The number of rotatable bonds is 5. The zero-order valence-electron chi connectivity index (χ0n) is 21.7. The standard InChI is InChI=1S/C30H38N4O2/c1-20(2)28-27-25(24-11-7-8-12-26(24)32-27)17-18-34(28)29(35)22-15-13-21(14-16-22)19-33(3)30(36)31-23-9-5-4-6-10-23/h4-12,20-22,28,32H,13-19H2,1-3H3,(H,31,36). The highest BCUT2D eigenvalue weighted by Gasteiger charge is 2.38. The Balaban J connectivity index is 1.19. The number of hydrogen-bond acceptors (Lipinski definition) is 2. The van der Waals surface area contributed by atoms with E-state index in [4.69, 9.17) is 0 Å². The molecule has 1 aromatic heterocycles. The summed E-state index contributed by atoms with van der Waals surface area (Å²) in [5, 5.41) is 4.25. The molecular formula is C30H38N4O2. The Morgan fingerprint density at radius 3 is 2.44 bits per heavy atom. The second-order valence-electron chi connectivity index (χ2n) is 10.9. The first kappa shape index (κ1) is 24.4. The van der Waals surface area contributed by atoms with Crippen molar-refractivity contribution in [1.29, 1.82) is 0 Å². The van der Waals surface area contributed by atoms with Crippen molar-refractivity contribution in [3.8, 4) is 0 Å². The van der Waals surface area contributed by atoms with Gasteiger partial charge in [-0.05, 0) is 67.7 Å². The van der Waals surface area contributed by atoms with Crippen LogP contribution in [0.2, 0.25) is 0 Å². The molecule has 190 valence electrons. The molecule has 1 aliphatic heterocycles. The Morgan fingerprint density at radius 1 is 1.03 bits per heavy atom. The van der Waals surface area contributed by atoms with Crippen molar-refractivity contribution in [2.24, 2.45) is 17.8 Å². The maximum atomic E-state index is 13.8. The molecule has 0 bridgehead atoms. The maximum Gasteiger partial charge on any atom is 0.321 e. The van der Waals surface area contributed by atoms with Crippen LogP contribution in [0.3, 0.4) is 0 Å². The molecule has 1 unspecified atom stereocenters. The van der Waals surface area contributed by atoms with Gasteiger partial charge in [-0.2, -0.15) is 0 Å². The van der Waals surface area contributed by atoms with Gasteiger partial charge in [0.15, 0.2) is 0 Å². The van der Waals surface area contributed by atoms with Crippen LogP contribution in [0.1, 0.15) is 56.8 Å². The maximum absolute atomic E-state index is 13.8. The van der Waals surface area contributed by atoms with E-state index in [1.54, 1.807) is 4.90 Å². The third-order valence-corrected chi connectivity index (χ3v) is 8.10. The van der Waals surface area contributed by atoms with E-state index >= 15 is 0 Å². The monoisotopic (exact) mass is 486 g/mol. The third kappa shape index (κ3) is 4.86. The molecule has 1 aliphatic carbocycles. The van der Waals surface area contributed by atoms with Crippen molar-refractivity contribution in [2.75, 3.05) is 25.5 Å². The van der Waals surface area contributed by atoms with Crippen LogP contribution in [0.5, 0.6) is 0 Å². The van der Waals surface area contributed by atoms with E-state index in [1.165, 1.54) is 22.2 Å². The lowest BCUT2D eigenvalue weighted by Crippen LogP contribution is -2.46. The lowest BCUT2D eigenvalue weighted by atomic mass is 9.80. The van der Waals surface area contributed by atoms with Crippen LogP contribution >= 0.6 is 0 Å². The average Bonchev–Trinajstić information content (AvgIpc) is 3.27. The number of urea groups is 1. The number of para-hydroxylation sites is 2. The van der Waals surface area contributed by atoms with Crippen LogP contribution < -0.4 is 5.32 Å². The van der Waals surface area contributed by atoms with Crippen molar-refractivity contribution in [1.82, 2.24) is 14.8 Å². The fourth-order valence-corrected chi connectivity index (χ4v) is 6.25. The van der Waals surface area contributed by atoms with Crippen molar-refractivity contribution in [3.05, 3.63) is 65.9 Å². The molecular weight excluding hydrogens is 448 g/mol. The largest absolute Gasteiger partial charge is 0.356 e. The number of hydrogen-bond donors (Lipinski definition) is 2. The molecule has 1 atom stereocenters.